The summed E-state index contributed by atoms with van der Waals surface area (Å²) >= 11 is 1.88. The van der Waals surface area contributed by atoms with E-state index >= 15 is 0 Å². The number of anilines is 3. The van der Waals surface area contributed by atoms with Crippen LogP contribution in [0.5, 0.6) is 0 Å². The van der Waals surface area contributed by atoms with Crippen molar-refractivity contribution in [3.05, 3.63) is 140 Å². The van der Waals surface area contributed by atoms with Crippen molar-refractivity contribution in [1.82, 2.24) is 0 Å². The van der Waals surface area contributed by atoms with Gasteiger partial charge in [-0.15, -0.1) is 11.3 Å². The van der Waals surface area contributed by atoms with Crippen molar-refractivity contribution in [3.8, 4) is 0 Å². The minimum atomic E-state index is 1.15. The van der Waals surface area contributed by atoms with Gasteiger partial charge in [-0.25, -0.2) is 0 Å². The molecule has 0 spiro atoms. The number of hydrogen-bond acceptors (Lipinski definition) is 2. The van der Waals surface area contributed by atoms with E-state index in [1.54, 1.807) is 0 Å². The molecule has 0 radical (unpaired) electrons. The van der Waals surface area contributed by atoms with Crippen LogP contribution in [0.1, 0.15) is 0 Å². The third-order valence-electron chi connectivity index (χ3n) is 7.60. The molecule has 2 heteroatoms. The first-order chi connectivity index (χ1) is 18.8. The Balaban J connectivity index is 1.42. The van der Waals surface area contributed by atoms with Gasteiger partial charge in [0.05, 0.1) is 5.69 Å². The summed E-state index contributed by atoms with van der Waals surface area (Å²) in [7, 11) is 0. The highest BCUT2D eigenvalue weighted by Crippen LogP contribution is 2.45. The molecule has 8 aromatic rings. The molecular weight excluding hydrogens is 478 g/mol. The molecule has 0 saturated heterocycles. The number of nitrogens with zero attached hydrogens (tertiary/aromatic N) is 1. The van der Waals surface area contributed by atoms with Crippen molar-refractivity contribution in [2.24, 2.45) is 0 Å². The van der Waals surface area contributed by atoms with E-state index in [0.717, 1.165) is 5.69 Å². The summed E-state index contributed by atoms with van der Waals surface area (Å²) in [6.45, 7) is 0. The van der Waals surface area contributed by atoms with Crippen LogP contribution in [0, 0.1) is 0 Å². The summed E-state index contributed by atoms with van der Waals surface area (Å²) in [6, 6.07) is 50.7. The van der Waals surface area contributed by atoms with Crippen LogP contribution in [0.4, 0.5) is 17.1 Å². The minimum Gasteiger partial charge on any atom is -0.310 e. The van der Waals surface area contributed by atoms with Crippen molar-refractivity contribution in [3.63, 3.8) is 0 Å². The number of para-hydroxylation sites is 1. The van der Waals surface area contributed by atoms with Gasteiger partial charge in [0.25, 0.3) is 0 Å². The van der Waals surface area contributed by atoms with Gasteiger partial charge in [-0.2, -0.15) is 0 Å². The number of benzene rings is 7. The third kappa shape index (κ3) is 3.24. The Bertz CT molecular complexity index is 2140. The Morgan fingerprint density at radius 2 is 1.08 bits per heavy atom. The van der Waals surface area contributed by atoms with Crippen LogP contribution in [0.2, 0.25) is 0 Å². The molecule has 8 rings (SSSR count). The lowest BCUT2D eigenvalue weighted by Gasteiger charge is -2.27. The monoisotopic (exact) mass is 501 g/mol. The van der Waals surface area contributed by atoms with Crippen LogP contribution in [-0.2, 0) is 0 Å². The van der Waals surface area contributed by atoms with Crippen molar-refractivity contribution >= 4 is 80.9 Å². The highest BCUT2D eigenvalue weighted by Gasteiger charge is 2.18. The molecule has 0 bridgehead atoms. The van der Waals surface area contributed by atoms with Crippen molar-refractivity contribution in [1.29, 1.82) is 0 Å². The van der Waals surface area contributed by atoms with Crippen molar-refractivity contribution < 1.29 is 0 Å². The van der Waals surface area contributed by atoms with Crippen LogP contribution >= 0.6 is 11.3 Å². The van der Waals surface area contributed by atoms with Gasteiger partial charge < -0.3 is 4.90 Å². The SMILES string of the molecule is c1ccc(N(c2ccc3c(c2)sc2ccc4ccccc4c23)c2cc3ccccc3c3ccccc23)cc1. The maximum atomic E-state index is 2.41. The fourth-order valence-electron chi connectivity index (χ4n) is 5.90. The number of hydrogen-bond donors (Lipinski definition) is 0. The van der Waals surface area contributed by atoms with Gasteiger partial charge >= 0.3 is 0 Å². The zero-order chi connectivity index (χ0) is 25.1. The lowest BCUT2D eigenvalue weighted by atomic mass is 9.99. The van der Waals surface area contributed by atoms with Gasteiger partial charge in [0.2, 0.25) is 0 Å². The Hall–Kier alpha value is -4.66. The van der Waals surface area contributed by atoms with Crippen LogP contribution in [-0.4, -0.2) is 0 Å². The standard InChI is InChI=1S/C36H23NS/c1-2-12-26(13-3-1)37(33-22-25-11-5-6-14-28(25)30-16-8-9-17-31(30)33)27-19-20-32-35(23-27)38-34-21-18-24-10-4-7-15-29(24)36(32)34/h1-23H. The Morgan fingerprint density at radius 3 is 1.92 bits per heavy atom. The molecule has 178 valence electrons. The van der Waals surface area contributed by atoms with E-state index in [4.69, 9.17) is 0 Å². The zero-order valence-electron chi connectivity index (χ0n) is 20.6. The molecule has 38 heavy (non-hydrogen) atoms. The molecule has 0 aliphatic rings. The molecule has 0 fully saturated rings. The Labute approximate surface area is 224 Å². The van der Waals surface area contributed by atoms with Gasteiger partial charge in [0, 0.05) is 36.9 Å². The van der Waals surface area contributed by atoms with Gasteiger partial charge in [0.1, 0.15) is 0 Å². The number of rotatable bonds is 3. The molecule has 7 aromatic carbocycles. The average molecular weight is 502 g/mol. The first-order valence-corrected chi connectivity index (χ1v) is 13.8. The van der Waals surface area contributed by atoms with E-state index in [9.17, 15) is 0 Å². The topological polar surface area (TPSA) is 3.24 Å². The van der Waals surface area contributed by atoms with Crippen molar-refractivity contribution in [2.75, 3.05) is 4.90 Å². The highest BCUT2D eigenvalue weighted by molar-refractivity contribution is 7.26. The Morgan fingerprint density at radius 1 is 0.395 bits per heavy atom. The fourth-order valence-corrected chi connectivity index (χ4v) is 7.05. The largest absolute Gasteiger partial charge is 0.310 e. The summed E-state index contributed by atoms with van der Waals surface area (Å²) in [5, 5.41) is 10.3. The van der Waals surface area contributed by atoms with Gasteiger partial charge in [0.15, 0.2) is 0 Å². The van der Waals surface area contributed by atoms with Crippen LogP contribution < -0.4 is 4.90 Å². The second-order valence-corrected chi connectivity index (χ2v) is 10.9. The molecular formula is C36H23NS. The van der Waals surface area contributed by atoms with E-state index in [2.05, 4.69) is 144 Å². The Kier molecular flexibility index (Phi) is 4.76. The third-order valence-corrected chi connectivity index (χ3v) is 8.72. The highest BCUT2D eigenvalue weighted by atomic mass is 32.1. The average Bonchev–Trinajstić information content (AvgIpc) is 3.36. The molecule has 1 heterocycles. The van der Waals surface area contributed by atoms with E-state index in [1.165, 1.54) is 63.9 Å². The van der Waals surface area contributed by atoms with Crippen LogP contribution in [0.3, 0.4) is 0 Å². The van der Waals surface area contributed by atoms with Gasteiger partial charge in [-0.05, 0) is 63.3 Å². The second kappa shape index (κ2) is 8.44. The fraction of sp³-hybridized carbons (Fsp3) is 0. The first-order valence-electron chi connectivity index (χ1n) is 12.9. The molecule has 0 aliphatic carbocycles. The molecule has 1 aromatic heterocycles. The summed E-state index contributed by atoms with van der Waals surface area (Å²) in [5.74, 6) is 0. The molecule has 0 saturated carbocycles. The molecule has 0 amide bonds. The molecule has 0 unspecified atom stereocenters. The quantitative estimate of drug-likeness (QED) is 0.218. The predicted octanol–water partition coefficient (Wildman–Crippen LogP) is 11.0. The smallest absolute Gasteiger partial charge is 0.0546 e. The lowest BCUT2D eigenvalue weighted by Crippen LogP contribution is -2.10. The zero-order valence-corrected chi connectivity index (χ0v) is 21.5. The molecule has 0 N–H and O–H groups in total. The van der Waals surface area contributed by atoms with E-state index in [0.29, 0.717) is 0 Å². The predicted molar refractivity (Wildman–Crippen MR) is 167 cm³/mol. The summed E-state index contributed by atoms with van der Waals surface area (Å²) in [6.07, 6.45) is 0. The van der Waals surface area contributed by atoms with E-state index in [-0.39, 0.29) is 0 Å². The van der Waals surface area contributed by atoms with E-state index < -0.39 is 0 Å². The van der Waals surface area contributed by atoms with Crippen LogP contribution in [0.25, 0.3) is 52.5 Å². The second-order valence-electron chi connectivity index (χ2n) is 9.78. The van der Waals surface area contributed by atoms with Gasteiger partial charge in [-0.3, -0.25) is 0 Å². The van der Waals surface area contributed by atoms with Crippen molar-refractivity contribution in [2.45, 2.75) is 0 Å². The molecule has 1 nitrogen and oxygen atoms in total. The molecule has 0 atom stereocenters. The minimum absolute atomic E-state index is 1.15. The summed E-state index contributed by atoms with van der Waals surface area (Å²) < 4.78 is 2.64. The summed E-state index contributed by atoms with van der Waals surface area (Å²) in [5.41, 5.74) is 3.51. The molecule has 0 aliphatic heterocycles. The van der Waals surface area contributed by atoms with Gasteiger partial charge in [-0.1, -0.05) is 103 Å². The number of thiophene rings is 1. The maximum absolute atomic E-state index is 2.41. The lowest BCUT2D eigenvalue weighted by molar-refractivity contribution is 1.31. The first kappa shape index (κ1) is 21.4. The normalized spacial score (nSPS) is 11.7. The summed E-state index contributed by atoms with van der Waals surface area (Å²) in [4.78, 5) is 2.41. The maximum Gasteiger partial charge on any atom is 0.0546 e. The number of fused-ring (bicyclic) bond motifs is 8. The van der Waals surface area contributed by atoms with E-state index in [1.807, 2.05) is 11.3 Å². The van der Waals surface area contributed by atoms with Crippen LogP contribution in [0.15, 0.2) is 140 Å².